The van der Waals surface area contributed by atoms with E-state index in [9.17, 15) is 0 Å². The van der Waals surface area contributed by atoms with E-state index in [0.717, 1.165) is 30.3 Å². The number of fused-ring (bicyclic) bond motifs is 2. The molecule has 106 valence electrons. The maximum atomic E-state index is 5.28. The molecule has 0 bridgehead atoms. The van der Waals surface area contributed by atoms with Crippen molar-refractivity contribution >= 4 is 22.1 Å². The number of benzene rings is 2. The van der Waals surface area contributed by atoms with E-state index in [2.05, 4.69) is 35.6 Å². The fourth-order valence-electron chi connectivity index (χ4n) is 2.73. The Labute approximate surface area is 127 Å². The van der Waals surface area contributed by atoms with Crippen LogP contribution < -0.4 is 10.1 Å². The van der Waals surface area contributed by atoms with Crippen LogP contribution in [0.2, 0.25) is 0 Å². The maximum absolute atomic E-state index is 5.28. The molecule has 0 spiro atoms. The van der Waals surface area contributed by atoms with Crippen molar-refractivity contribution in [1.29, 1.82) is 0 Å². The van der Waals surface area contributed by atoms with Gasteiger partial charge in [-0.1, -0.05) is 18.2 Å². The molecule has 3 aromatic rings. The molecule has 21 heavy (non-hydrogen) atoms. The van der Waals surface area contributed by atoms with Crippen LogP contribution in [0, 0.1) is 0 Å². The van der Waals surface area contributed by atoms with E-state index in [1.54, 1.807) is 18.4 Å². The molecule has 0 aliphatic carbocycles. The lowest BCUT2D eigenvalue weighted by atomic mass is 10.1. The number of hydrogen-bond acceptors (Lipinski definition) is 4. The Kier molecular flexibility index (Phi) is 3.13. The van der Waals surface area contributed by atoms with Crippen molar-refractivity contribution in [3.63, 3.8) is 0 Å². The van der Waals surface area contributed by atoms with Gasteiger partial charge in [0.25, 0.3) is 0 Å². The van der Waals surface area contributed by atoms with Crippen molar-refractivity contribution in [3.05, 3.63) is 47.0 Å². The lowest BCUT2D eigenvalue weighted by Crippen LogP contribution is -2.22. The van der Waals surface area contributed by atoms with Crippen LogP contribution in [-0.2, 0) is 13.0 Å². The average molecular weight is 296 g/mol. The van der Waals surface area contributed by atoms with Gasteiger partial charge in [-0.2, -0.15) is 0 Å². The van der Waals surface area contributed by atoms with E-state index in [0.29, 0.717) is 0 Å². The standard InChI is InChI=1S/C17H16N2OS/c1-20-14-5-4-11-8-13(3-2-12(11)9-14)17-19-15-6-7-18-10-16(15)21-17/h2-5,8-9,18H,6-7,10H2,1H3. The molecule has 0 saturated heterocycles. The second kappa shape index (κ2) is 5.13. The van der Waals surface area contributed by atoms with Gasteiger partial charge in [-0.15, -0.1) is 11.3 Å². The van der Waals surface area contributed by atoms with Crippen LogP contribution in [-0.4, -0.2) is 18.6 Å². The second-order valence-electron chi connectivity index (χ2n) is 5.24. The zero-order valence-electron chi connectivity index (χ0n) is 11.8. The van der Waals surface area contributed by atoms with E-state index in [4.69, 9.17) is 9.72 Å². The number of thiazole rings is 1. The lowest BCUT2D eigenvalue weighted by Gasteiger charge is -2.09. The summed E-state index contributed by atoms with van der Waals surface area (Å²) in [5.41, 5.74) is 2.47. The minimum atomic E-state index is 0.894. The predicted molar refractivity (Wildman–Crippen MR) is 87.0 cm³/mol. The number of ether oxygens (including phenoxy) is 1. The molecule has 0 atom stereocenters. The molecule has 4 rings (SSSR count). The highest BCUT2D eigenvalue weighted by Crippen LogP contribution is 2.32. The first-order chi connectivity index (χ1) is 10.3. The van der Waals surface area contributed by atoms with Gasteiger partial charge in [0.1, 0.15) is 10.8 Å². The van der Waals surface area contributed by atoms with Crippen LogP contribution in [0.15, 0.2) is 36.4 Å². The van der Waals surface area contributed by atoms with Crippen LogP contribution in [0.3, 0.4) is 0 Å². The van der Waals surface area contributed by atoms with Crippen molar-refractivity contribution in [1.82, 2.24) is 10.3 Å². The van der Waals surface area contributed by atoms with Crippen LogP contribution in [0.4, 0.5) is 0 Å². The molecule has 0 amide bonds. The number of rotatable bonds is 2. The largest absolute Gasteiger partial charge is 0.497 e. The Balaban J connectivity index is 1.78. The highest BCUT2D eigenvalue weighted by molar-refractivity contribution is 7.15. The molecular formula is C17H16N2OS. The van der Waals surface area contributed by atoms with E-state index < -0.39 is 0 Å². The maximum Gasteiger partial charge on any atom is 0.123 e. The summed E-state index contributed by atoms with van der Waals surface area (Å²) in [4.78, 5) is 6.20. The molecule has 2 aromatic carbocycles. The smallest absolute Gasteiger partial charge is 0.123 e. The highest BCUT2D eigenvalue weighted by Gasteiger charge is 2.15. The number of aromatic nitrogens is 1. The van der Waals surface area contributed by atoms with Gasteiger partial charge in [0, 0.05) is 30.0 Å². The molecule has 2 heterocycles. The molecule has 1 N–H and O–H groups in total. The van der Waals surface area contributed by atoms with Crippen molar-refractivity contribution in [2.75, 3.05) is 13.7 Å². The Morgan fingerprint density at radius 2 is 2.00 bits per heavy atom. The van der Waals surface area contributed by atoms with Gasteiger partial charge in [0.2, 0.25) is 0 Å². The molecule has 4 heteroatoms. The number of nitrogens with zero attached hydrogens (tertiary/aromatic N) is 1. The van der Waals surface area contributed by atoms with Crippen LogP contribution >= 0.6 is 11.3 Å². The fourth-order valence-corrected chi connectivity index (χ4v) is 3.81. The second-order valence-corrected chi connectivity index (χ2v) is 6.33. The SMILES string of the molecule is COc1ccc2cc(-c3nc4c(s3)CNCC4)ccc2c1. The molecule has 0 unspecified atom stereocenters. The molecule has 3 nitrogen and oxygen atoms in total. The number of hydrogen-bond donors (Lipinski definition) is 1. The van der Waals surface area contributed by atoms with Gasteiger partial charge in [-0.05, 0) is 29.0 Å². The van der Waals surface area contributed by atoms with E-state index in [-0.39, 0.29) is 0 Å². The topological polar surface area (TPSA) is 34.1 Å². The number of methoxy groups -OCH3 is 1. The van der Waals surface area contributed by atoms with Gasteiger partial charge in [0.15, 0.2) is 0 Å². The fraction of sp³-hybridized carbons (Fsp3) is 0.235. The minimum Gasteiger partial charge on any atom is -0.497 e. The molecule has 1 aliphatic rings. The molecule has 1 aliphatic heterocycles. The Morgan fingerprint density at radius 1 is 1.14 bits per heavy atom. The minimum absolute atomic E-state index is 0.894. The summed E-state index contributed by atoms with van der Waals surface area (Å²) in [6.45, 7) is 1.99. The zero-order chi connectivity index (χ0) is 14.2. The summed E-state index contributed by atoms with van der Waals surface area (Å²) < 4.78 is 5.28. The molecule has 0 fully saturated rings. The average Bonchev–Trinajstić information content (AvgIpc) is 2.98. The third-order valence-corrected chi connectivity index (χ3v) is 5.04. The first kappa shape index (κ1) is 12.8. The van der Waals surface area contributed by atoms with E-state index in [1.165, 1.54) is 26.9 Å². The summed E-state index contributed by atoms with van der Waals surface area (Å²) in [6.07, 6.45) is 1.04. The van der Waals surface area contributed by atoms with Gasteiger partial charge in [-0.3, -0.25) is 0 Å². The predicted octanol–water partition coefficient (Wildman–Crippen LogP) is 3.62. The Morgan fingerprint density at radius 3 is 2.86 bits per heavy atom. The third kappa shape index (κ3) is 2.30. The summed E-state index contributed by atoms with van der Waals surface area (Å²) in [7, 11) is 1.70. The Bertz CT molecular complexity index is 786. The van der Waals surface area contributed by atoms with Gasteiger partial charge < -0.3 is 10.1 Å². The van der Waals surface area contributed by atoms with Crippen molar-refractivity contribution in [3.8, 4) is 16.3 Å². The first-order valence-electron chi connectivity index (χ1n) is 7.11. The van der Waals surface area contributed by atoms with E-state index in [1.807, 2.05) is 6.07 Å². The van der Waals surface area contributed by atoms with Crippen LogP contribution in [0.25, 0.3) is 21.3 Å². The highest BCUT2D eigenvalue weighted by atomic mass is 32.1. The van der Waals surface area contributed by atoms with Crippen LogP contribution in [0.5, 0.6) is 5.75 Å². The third-order valence-electron chi connectivity index (χ3n) is 3.90. The summed E-state index contributed by atoms with van der Waals surface area (Å²) >= 11 is 1.81. The van der Waals surface area contributed by atoms with E-state index >= 15 is 0 Å². The molecular weight excluding hydrogens is 280 g/mol. The van der Waals surface area contributed by atoms with Gasteiger partial charge >= 0.3 is 0 Å². The zero-order valence-corrected chi connectivity index (χ0v) is 12.7. The lowest BCUT2D eigenvalue weighted by molar-refractivity contribution is 0.415. The summed E-state index contributed by atoms with van der Waals surface area (Å²) in [5, 5.41) is 6.95. The monoisotopic (exact) mass is 296 g/mol. The number of nitrogens with one attached hydrogen (secondary N) is 1. The molecule has 0 saturated carbocycles. The summed E-state index contributed by atoms with van der Waals surface area (Å²) in [5.74, 6) is 0.894. The Hall–Kier alpha value is -1.91. The van der Waals surface area contributed by atoms with Gasteiger partial charge in [-0.25, -0.2) is 4.98 Å². The van der Waals surface area contributed by atoms with Gasteiger partial charge in [0.05, 0.1) is 12.8 Å². The van der Waals surface area contributed by atoms with Crippen molar-refractivity contribution < 1.29 is 4.74 Å². The normalized spacial score (nSPS) is 14.1. The molecule has 0 radical (unpaired) electrons. The van der Waals surface area contributed by atoms with Crippen molar-refractivity contribution in [2.24, 2.45) is 0 Å². The first-order valence-corrected chi connectivity index (χ1v) is 7.92. The summed E-state index contributed by atoms with van der Waals surface area (Å²) in [6, 6.07) is 12.7. The quantitative estimate of drug-likeness (QED) is 0.784. The molecule has 1 aromatic heterocycles. The van der Waals surface area contributed by atoms with Crippen LogP contribution in [0.1, 0.15) is 10.6 Å². The van der Waals surface area contributed by atoms with Crippen molar-refractivity contribution in [2.45, 2.75) is 13.0 Å².